The fourth-order valence-corrected chi connectivity index (χ4v) is 5.05. The van der Waals surface area contributed by atoms with Gasteiger partial charge in [-0.1, -0.05) is 28.1 Å². The van der Waals surface area contributed by atoms with Gasteiger partial charge in [-0.3, -0.25) is 14.9 Å². The van der Waals surface area contributed by atoms with E-state index in [0.29, 0.717) is 20.3 Å². The maximum atomic E-state index is 12.3. The van der Waals surface area contributed by atoms with E-state index in [1.54, 1.807) is 36.4 Å². The van der Waals surface area contributed by atoms with Crippen molar-refractivity contribution in [3.63, 3.8) is 0 Å². The minimum atomic E-state index is -0.667. The number of carbonyl (C=O) groups is 2. The van der Waals surface area contributed by atoms with Gasteiger partial charge in [0.1, 0.15) is 11.5 Å². The molecule has 0 bridgehead atoms. The van der Waals surface area contributed by atoms with Crippen LogP contribution in [0.1, 0.15) is 15.9 Å². The number of hydrogen-bond acceptors (Lipinski definition) is 7. The summed E-state index contributed by atoms with van der Waals surface area (Å²) in [6.45, 7) is -0.261. The van der Waals surface area contributed by atoms with Crippen molar-refractivity contribution in [1.29, 1.82) is 0 Å². The van der Waals surface area contributed by atoms with Crippen LogP contribution in [0.5, 0.6) is 11.5 Å². The van der Waals surface area contributed by atoms with Gasteiger partial charge in [0.2, 0.25) is 0 Å². The summed E-state index contributed by atoms with van der Waals surface area (Å²) in [6, 6.07) is 15.1. The lowest BCUT2D eigenvalue weighted by atomic mass is 10.2. The number of esters is 1. The van der Waals surface area contributed by atoms with Crippen molar-refractivity contribution >= 4 is 71.6 Å². The average Bonchev–Trinajstić information content (AvgIpc) is 2.78. The van der Waals surface area contributed by atoms with Crippen LogP contribution >= 0.6 is 47.8 Å². The van der Waals surface area contributed by atoms with E-state index in [2.05, 4.69) is 58.3 Å². The van der Waals surface area contributed by atoms with Crippen LogP contribution in [-0.4, -0.2) is 29.6 Å². The Balaban J connectivity index is 1.54. The smallest absolute Gasteiger partial charge is 0.343 e. The molecule has 3 aromatic rings. The number of carbonyl (C=O) groups excluding carboxylic acids is 2. The second-order valence-corrected chi connectivity index (χ2v) is 9.17. The summed E-state index contributed by atoms with van der Waals surface area (Å²) in [4.78, 5) is 34.5. The molecule has 0 aromatic heterocycles. The topological polar surface area (TPSA) is 120 Å². The molecule has 0 unspecified atom stereocenters. The molecule has 34 heavy (non-hydrogen) atoms. The third-order valence-electron chi connectivity index (χ3n) is 4.10. The molecular formula is C22H14Br3N3O6. The molecule has 3 rings (SSSR count). The lowest BCUT2D eigenvalue weighted by molar-refractivity contribution is -0.384. The maximum absolute atomic E-state index is 12.3. The number of amides is 1. The van der Waals surface area contributed by atoms with E-state index >= 15 is 0 Å². The number of ether oxygens (including phenoxy) is 2. The quantitative estimate of drug-likeness (QED) is 0.110. The van der Waals surface area contributed by atoms with Crippen LogP contribution in [-0.2, 0) is 4.79 Å². The second kappa shape index (κ2) is 11.9. The molecule has 0 saturated carbocycles. The van der Waals surface area contributed by atoms with Gasteiger partial charge in [-0.05, 0) is 73.8 Å². The minimum Gasteiger partial charge on any atom is -0.481 e. The van der Waals surface area contributed by atoms with Crippen molar-refractivity contribution in [2.24, 2.45) is 5.10 Å². The number of rotatable bonds is 8. The number of hydrogen-bond donors (Lipinski definition) is 1. The highest BCUT2D eigenvalue weighted by molar-refractivity contribution is 9.11. The number of nitro benzene ring substituents is 1. The van der Waals surface area contributed by atoms with Crippen LogP contribution in [0.3, 0.4) is 0 Å². The van der Waals surface area contributed by atoms with Gasteiger partial charge in [0, 0.05) is 16.6 Å². The number of nitrogens with zero attached hydrogens (tertiary/aromatic N) is 2. The van der Waals surface area contributed by atoms with E-state index in [4.69, 9.17) is 9.47 Å². The van der Waals surface area contributed by atoms with Gasteiger partial charge in [0.05, 0.1) is 25.6 Å². The molecular weight excluding hydrogens is 642 g/mol. The Bertz CT molecular complexity index is 1240. The van der Waals surface area contributed by atoms with Crippen LogP contribution in [0.4, 0.5) is 5.69 Å². The van der Waals surface area contributed by atoms with E-state index in [1.807, 2.05) is 0 Å². The van der Waals surface area contributed by atoms with Gasteiger partial charge >= 0.3 is 5.97 Å². The summed E-state index contributed by atoms with van der Waals surface area (Å²) < 4.78 is 13.0. The van der Waals surface area contributed by atoms with Crippen LogP contribution < -0.4 is 14.9 Å². The first-order chi connectivity index (χ1) is 16.2. The van der Waals surface area contributed by atoms with Gasteiger partial charge in [-0.2, -0.15) is 5.10 Å². The van der Waals surface area contributed by atoms with Gasteiger partial charge in [-0.15, -0.1) is 0 Å². The van der Waals surface area contributed by atoms with E-state index in [9.17, 15) is 19.7 Å². The maximum Gasteiger partial charge on any atom is 0.343 e. The highest BCUT2D eigenvalue weighted by atomic mass is 79.9. The van der Waals surface area contributed by atoms with Crippen molar-refractivity contribution in [2.75, 3.05) is 6.61 Å². The predicted octanol–water partition coefficient (Wildman–Crippen LogP) is 5.63. The molecule has 0 fully saturated rings. The zero-order chi connectivity index (χ0) is 24.7. The SMILES string of the molecule is O=C(COc1c(Br)cc(Br)cc1Br)N/N=C\c1cccc(OC(=O)c2ccc([N+](=O)[O-])cc2)c1. The molecule has 0 atom stereocenters. The lowest BCUT2D eigenvalue weighted by Gasteiger charge is -2.10. The van der Waals surface area contributed by atoms with Crippen LogP contribution in [0, 0.1) is 10.1 Å². The molecule has 0 aliphatic carbocycles. The van der Waals surface area contributed by atoms with Crippen molar-refractivity contribution < 1.29 is 24.0 Å². The number of nitrogens with one attached hydrogen (secondary N) is 1. The molecule has 0 heterocycles. The first-order valence-corrected chi connectivity index (χ1v) is 11.8. The zero-order valence-corrected chi connectivity index (χ0v) is 21.8. The van der Waals surface area contributed by atoms with Crippen molar-refractivity contribution in [3.05, 3.63) is 95.3 Å². The fraction of sp³-hybridized carbons (Fsp3) is 0.0455. The van der Waals surface area contributed by atoms with Crippen molar-refractivity contribution in [3.8, 4) is 11.5 Å². The van der Waals surface area contributed by atoms with Gasteiger partial charge in [-0.25, -0.2) is 10.2 Å². The van der Waals surface area contributed by atoms with E-state index in [-0.39, 0.29) is 23.6 Å². The highest BCUT2D eigenvalue weighted by Crippen LogP contribution is 2.36. The first-order valence-electron chi connectivity index (χ1n) is 9.39. The highest BCUT2D eigenvalue weighted by Gasteiger charge is 2.12. The molecule has 0 spiro atoms. The summed E-state index contributed by atoms with van der Waals surface area (Å²) in [5.74, 6) is -0.421. The van der Waals surface area contributed by atoms with Crippen LogP contribution in [0.15, 0.2) is 79.2 Å². The Labute approximate surface area is 218 Å². The minimum absolute atomic E-state index is 0.126. The summed E-state index contributed by atoms with van der Waals surface area (Å²) in [6.07, 6.45) is 1.38. The molecule has 9 nitrogen and oxygen atoms in total. The Hall–Kier alpha value is -3.09. The van der Waals surface area contributed by atoms with Crippen LogP contribution in [0.25, 0.3) is 0 Å². The largest absolute Gasteiger partial charge is 0.481 e. The van der Waals surface area contributed by atoms with Crippen LogP contribution in [0.2, 0.25) is 0 Å². The summed E-state index contributed by atoms with van der Waals surface area (Å²) in [5, 5.41) is 14.6. The first kappa shape index (κ1) is 25.5. The summed E-state index contributed by atoms with van der Waals surface area (Å²) in [5.41, 5.74) is 2.96. The third kappa shape index (κ3) is 7.20. The second-order valence-electron chi connectivity index (χ2n) is 6.55. The molecule has 1 N–H and O–H groups in total. The Morgan fingerprint density at radius 3 is 2.35 bits per heavy atom. The molecule has 0 aliphatic heterocycles. The fourth-order valence-electron chi connectivity index (χ4n) is 2.56. The molecule has 0 saturated heterocycles. The number of non-ortho nitro benzene ring substituents is 1. The van der Waals surface area contributed by atoms with Gasteiger partial charge < -0.3 is 9.47 Å². The molecule has 12 heteroatoms. The Kier molecular flexibility index (Phi) is 8.91. The molecule has 0 radical (unpaired) electrons. The van der Waals surface area contributed by atoms with Crippen molar-refractivity contribution in [2.45, 2.75) is 0 Å². The van der Waals surface area contributed by atoms with Gasteiger partial charge in [0.15, 0.2) is 6.61 Å². The number of benzene rings is 3. The summed E-state index contributed by atoms with van der Waals surface area (Å²) >= 11 is 10.1. The van der Waals surface area contributed by atoms with E-state index < -0.39 is 16.8 Å². The number of hydrazone groups is 1. The normalized spacial score (nSPS) is 10.7. The van der Waals surface area contributed by atoms with E-state index in [0.717, 1.165) is 4.47 Å². The lowest BCUT2D eigenvalue weighted by Crippen LogP contribution is -2.24. The van der Waals surface area contributed by atoms with E-state index in [1.165, 1.54) is 30.5 Å². The summed E-state index contributed by atoms with van der Waals surface area (Å²) in [7, 11) is 0. The van der Waals surface area contributed by atoms with Crippen molar-refractivity contribution in [1.82, 2.24) is 5.43 Å². The zero-order valence-electron chi connectivity index (χ0n) is 17.0. The Morgan fingerprint density at radius 1 is 1.03 bits per heavy atom. The Morgan fingerprint density at radius 2 is 1.71 bits per heavy atom. The third-order valence-corrected chi connectivity index (χ3v) is 5.73. The molecule has 1 amide bonds. The molecule has 3 aromatic carbocycles. The number of nitro groups is 1. The standard InChI is InChI=1S/C22H14Br3N3O6/c23-15-9-18(24)21(19(25)10-15)33-12-20(29)27-26-11-13-2-1-3-17(8-13)34-22(30)14-4-6-16(7-5-14)28(31)32/h1-11H,12H2,(H,27,29)/b26-11-. The van der Waals surface area contributed by atoms with Gasteiger partial charge in [0.25, 0.3) is 11.6 Å². The molecule has 0 aliphatic rings. The average molecular weight is 656 g/mol. The number of halogens is 3. The molecule has 174 valence electrons. The monoisotopic (exact) mass is 653 g/mol. The predicted molar refractivity (Wildman–Crippen MR) is 135 cm³/mol.